The molecule has 0 atom stereocenters. The molecular weight excluding hydrogens is 232 g/mol. The molecule has 4 nitrogen and oxygen atoms in total. The topological polar surface area (TPSA) is 55.8 Å². The zero-order valence-corrected chi connectivity index (χ0v) is 9.66. The van der Waals surface area contributed by atoms with Crippen molar-refractivity contribution >= 4 is 17.6 Å². The standard InChI is InChI=1S/C11H13ClO4/c1-8-6-9(12)2-3-10(8)16-5-4-15-7-11(13)14/h2-3,6H,4-5,7H2,1H3,(H,13,14). The molecule has 0 aromatic heterocycles. The zero-order valence-electron chi connectivity index (χ0n) is 8.90. The number of aryl methyl sites for hydroxylation is 1. The van der Waals surface area contributed by atoms with Gasteiger partial charge in [-0.05, 0) is 30.7 Å². The molecule has 0 unspecified atom stereocenters. The molecule has 16 heavy (non-hydrogen) atoms. The van der Waals surface area contributed by atoms with Crippen molar-refractivity contribution in [3.8, 4) is 5.75 Å². The van der Waals surface area contributed by atoms with Gasteiger partial charge in [0.15, 0.2) is 0 Å². The molecule has 0 aliphatic heterocycles. The summed E-state index contributed by atoms with van der Waals surface area (Å²) in [5.41, 5.74) is 0.936. The fourth-order valence-electron chi connectivity index (χ4n) is 1.14. The van der Waals surface area contributed by atoms with Crippen LogP contribution in [0.25, 0.3) is 0 Å². The van der Waals surface area contributed by atoms with Gasteiger partial charge in [-0.15, -0.1) is 0 Å². The van der Waals surface area contributed by atoms with Crippen molar-refractivity contribution in [2.45, 2.75) is 6.92 Å². The van der Waals surface area contributed by atoms with Crippen LogP contribution in [0, 0.1) is 6.92 Å². The Morgan fingerprint density at radius 2 is 2.19 bits per heavy atom. The molecule has 0 bridgehead atoms. The second kappa shape index (κ2) is 6.35. The molecule has 1 aromatic rings. The van der Waals surface area contributed by atoms with E-state index < -0.39 is 5.97 Å². The first kappa shape index (κ1) is 12.8. The van der Waals surface area contributed by atoms with E-state index in [1.165, 1.54) is 0 Å². The summed E-state index contributed by atoms with van der Waals surface area (Å²) < 4.78 is 10.2. The van der Waals surface area contributed by atoms with Crippen LogP contribution in [-0.2, 0) is 9.53 Å². The molecule has 88 valence electrons. The fraction of sp³-hybridized carbons (Fsp3) is 0.364. The van der Waals surface area contributed by atoms with Crippen molar-refractivity contribution in [1.29, 1.82) is 0 Å². The molecule has 0 saturated heterocycles. The summed E-state index contributed by atoms with van der Waals surface area (Å²) in [6.07, 6.45) is 0. The number of ether oxygens (including phenoxy) is 2. The molecule has 0 fully saturated rings. The van der Waals surface area contributed by atoms with Crippen molar-refractivity contribution < 1.29 is 19.4 Å². The SMILES string of the molecule is Cc1cc(Cl)ccc1OCCOCC(=O)O. The van der Waals surface area contributed by atoms with Gasteiger partial charge in [0.25, 0.3) is 0 Å². The molecule has 0 aliphatic rings. The molecule has 1 N–H and O–H groups in total. The average molecular weight is 245 g/mol. The number of rotatable bonds is 6. The van der Waals surface area contributed by atoms with Crippen LogP contribution in [0.1, 0.15) is 5.56 Å². The monoisotopic (exact) mass is 244 g/mol. The number of carbonyl (C=O) groups is 1. The highest BCUT2D eigenvalue weighted by Gasteiger charge is 2.00. The van der Waals surface area contributed by atoms with Crippen LogP contribution in [0.15, 0.2) is 18.2 Å². The predicted molar refractivity (Wildman–Crippen MR) is 60.1 cm³/mol. The fourth-order valence-corrected chi connectivity index (χ4v) is 1.37. The first-order valence-electron chi connectivity index (χ1n) is 4.78. The molecular formula is C11H13ClO4. The van der Waals surface area contributed by atoms with Crippen LogP contribution in [-0.4, -0.2) is 30.9 Å². The zero-order chi connectivity index (χ0) is 12.0. The highest BCUT2D eigenvalue weighted by molar-refractivity contribution is 6.30. The van der Waals surface area contributed by atoms with Gasteiger partial charge in [-0.1, -0.05) is 11.6 Å². The third kappa shape index (κ3) is 4.51. The molecule has 0 spiro atoms. The summed E-state index contributed by atoms with van der Waals surface area (Å²) in [5.74, 6) is -0.258. The average Bonchev–Trinajstić information content (AvgIpc) is 2.20. The van der Waals surface area contributed by atoms with Gasteiger partial charge in [-0.2, -0.15) is 0 Å². The van der Waals surface area contributed by atoms with Gasteiger partial charge in [0.1, 0.15) is 19.0 Å². The lowest BCUT2D eigenvalue weighted by molar-refractivity contribution is -0.142. The molecule has 0 heterocycles. The smallest absolute Gasteiger partial charge is 0.329 e. The summed E-state index contributed by atoms with van der Waals surface area (Å²) in [6, 6.07) is 5.31. The van der Waals surface area contributed by atoms with Crippen LogP contribution in [0.3, 0.4) is 0 Å². The van der Waals surface area contributed by atoms with E-state index in [-0.39, 0.29) is 13.2 Å². The Morgan fingerprint density at radius 1 is 1.44 bits per heavy atom. The molecule has 0 saturated carbocycles. The first-order valence-corrected chi connectivity index (χ1v) is 5.16. The molecule has 0 radical (unpaired) electrons. The molecule has 0 aliphatic carbocycles. The number of carboxylic acid groups (broad SMARTS) is 1. The Labute approximate surface area is 98.7 Å². The molecule has 1 rings (SSSR count). The van der Waals surface area contributed by atoms with Crippen molar-refractivity contribution in [2.24, 2.45) is 0 Å². The predicted octanol–water partition coefficient (Wildman–Crippen LogP) is 2.13. The quantitative estimate of drug-likeness (QED) is 0.779. The number of carboxylic acids is 1. The number of aliphatic carboxylic acids is 1. The lowest BCUT2D eigenvalue weighted by Crippen LogP contribution is -2.12. The number of hydrogen-bond donors (Lipinski definition) is 1. The minimum Gasteiger partial charge on any atom is -0.491 e. The van der Waals surface area contributed by atoms with E-state index in [4.69, 9.17) is 26.2 Å². The molecule has 1 aromatic carbocycles. The second-order valence-electron chi connectivity index (χ2n) is 3.20. The lowest BCUT2D eigenvalue weighted by atomic mass is 10.2. The highest BCUT2D eigenvalue weighted by atomic mass is 35.5. The van der Waals surface area contributed by atoms with Crippen molar-refractivity contribution in [3.63, 3.8) is 0 Å². The normalized spacial score (nSPS) is 10.1. The van der Waals surface area contributed by atoms with Crippen LogP contribution in [0.2, 0.25) is 5.02 Å². The summed E-state index contributed by atoms with van der Waals surface area (Å²) in [5, 5.41) is 8.98. The Bertz CT molecular complexity index is 365. The van der Waals surface area contributed by atoms with Crippen molar-refractivity contribution in [2.75, 3.05) is 19.8 Å². The van der Waals surface area contributed by atoms with Gasteiger partial charge < -0.3 is 14.6 Å². The highest BCUT2D eigenvalue weighted by Crippen LogP contribution is 2.21. The maximum Gasteiger partial charge on any atom is 0.329 e. The second-order valence-corrected chi connectivity index (χ2v) is 3.64. The van der Waals surface area contributed by atoms with Gasteiger partial charge in [0, 0.05) is 5.02 Å². The van der Waals surface area contributed by atoms with Crippen LogP contribution in [0.4, 0.5) is 0 Å². The Balaban J connectivity index is 2.29. The Hall–Kier alpha value is -1.26. The van der Waals surface area contributed by atoms with Gasteiger partial charge in [0.05, 0.1) is 6.61 Å². The summed E-state index contributed by atoms with van der Waals surface area (Å²) >= 11 is 5.79. The van der Waals surface area contributed by atoms with E-state index in [2.05, 4.69) is 0 Å². The maximum absolute atomic E-state index is 10.1. The van der Waals surface area contributed by atoms with Gasteiger partial charge in [-0.25, -0.2) is 4.79 Å². The van der Waals surface area contributed by atoms with Gasteiger partial charge >= 0.3 is 5.97 Å². The van der Waals surface area contributed by atoms with Crippen LogP contribution >= 0.6 is 11.6 Å². The third-order valence-corrected chi connectivity index (χ3v) is 2.08. The number of benzene rings is 1. The van der Waals surface area contributed by atoms with Crippen molar-refractivity contribution in [1.82, 2.24) is 0 Å². The molecule has 5 heteroatoms. The van der Waals surface area contributed by atoms with Gasteiger partial charge in [-0.3, -0.25) is 0 Å². The Morgan fingerprint density at radius 3 is 2.81 bits per heavy atom. The lowest BCUT2D eigenvalue weighted by Gasteiger charge is -2.08. The minimum absolute atomic E-state index is 0.244. The van der Waals surface area contributed by atoms with E-state index in [0.29, 0.717) is 11.6 Å². The van der Waals surface area contributed by atoms with Crippen molar-refractivity contribution in [3.05, 3.63) is 28.8 Å². The van der Waals surface area contributed by atoms with E-state index in [0.717, 1.165) is 11.3 Å². The largest absolute Gasteiger partial charge is 0.491 e. The van der Waals surface area contributed by atoms with Crippen LogP contribution < -0.4 is 4.74 Å². The molecule has 0 amide bonds. The Kier molecular flexibility index (Phi) is 5.08. The van der Waals surface area contributed by atoms with Crippen LogP contribution in [0.5, 0.6) is 5.75 Å². The van der Waals surface area contributed by atoms with E-state index in [9.17, 15) is 4.79 Å². The summed E-state index contributed by atoms with van der Waals surface area (Å²) in [4.78, 5) is 10.1. The number of halogens is 1. The third-order valence-electron chi connectivity index (χ3n) is 1.85. The minimum atomic E-state index is -0.984. The summed E-state index contributed by atoms with van der Waals surface area (Å²) in [6.45, 7) is 2.15. The first-order chi connectivity index (χ1) is 7.59. The van der Waals surface area contributed by atoms with Gasteiger partial charge in [0.2, 0.25) is 0 Å². The van der Waals surface area contributed by atoms with E-state index in [1.807, 2.05) is 6.92 Å². The van der Waals surface area contributed by atoms with E-state index in [1.54, 1.807) is 18.2 Å². The number of hydrogen-bond acceptors (Lipinski definition) is 3. The summed E-state index contributed by atoms with van der Waals surface area (Å²) in [7, 11) is 0. The van der Waals surface area contributed by atoms with E-state index >= 15 is 0 Å². The maximum atomic E-state index is 10.1.